The van der Waals surface area contributed by atoms with Crippen molar-refractivity contribution in [3.8, 4) is 11.5 Å². The third-order valence-corrected chi connectivity index (χ3v) is 4.75. The van der Waals surface area contributed by atoms with Gasteiger partial charge in [0.2, 0.25) is 12.3 Å². The van der Waals surface area contributed by atoms with Crippen molar-refractivity contribution < 1.29 is 9.21 Å². The zero-order chi connectivity index (χ0) is 18.6. The molecule has 1 aliphatic rings. The first-order valence-corrected chi connectivity index (χ1v) is 8.88. The fourth-order valence-electron chi connectivity index (χ4n) is 3.35. The molecule has 7 nitrogen and oxygen atoms in total. The van der Waals surface area contributed by atoms with E-state index in [1.165, 1.54) is 6.39 Å². The maximum atomic E-state index is 13.0. The van der Waals surface area contributed by atoms with Crippen LogP contribution in [0.4, 0.5) is 10.5 Å². The molecule has 0 unspecified atom stereocenters. The Morgan fingerprint density at radius 2 is 2.00 bits per heavy atom. The maximum absolute atomic E-state index is 13.0. The third kappa shape index (κ3) is 3.83. The van der Waals surface area contributed by atoms with Crippen LogP contribution in [-0.4, -0.2) is 52.7 Å². The normalized spacial score (nSPS) is 17.7. The van der Waals surface area contributed by atoms with Crippen molar-refractivity contribution in [1.82, 2.24) is 20.0 Å². The summed E-state index contributed by atoms with van der Waals surface area (Å²) in [5.74, 6) is 0.424. The molecule has 1 aromatic heterocycles. The summed E-state index contributed by atoms with van der Waals surface area (Å²) in [6, 6.07) is 17.5. The van der Waals surface area contributed by atoms with Crippen LogP contribution < -0.4 is 5.32 Å². The van der Waals surface area contributed by atoms with Gasteiger partial charge in [-0.1, -0.05) is 36.4 Å². The van der Waals surface area contributed by atoms with Crippen molar-refractivity contribution in [3.63, 3.8) is 0 Å². The van der Waals surface area contributed by atoms with Gasteiger partial charge in [0.15, 0.2) is 0 Å². The molecule has 4 rings (SSSR count). The number of hydrogen-bond acceptors (Lipinski definition) is 5. The van der Waals surface area contributed by atoms with Gasteiger partial charge < -0.3 is 19.5 Å². The van der Waals surface area contributed by atoms with Crippen molar-refractivity contribution in [2.75, 3.05) is 32.0 Å². The molecule has 2 amide bonds. The van der Waals surface area contributed by atoms with Gasteiger partial charge in [0.25, 0.3) is 0 Å². The van der Waals surface area contributed by atoms with Crippen LogP contribution in [-0.2, 0) is 0 Å². The number of rotatable bonds is 3. The average molecular weight is 363 g/mol. The summed E-state index contributed by atoms with van der Waals surface area (Å²) in [7, 11) is 2.08. The Morgan fingerprint density at radius 1 is 1.15 bits per heavy atom. The Bertz CT molecular complexity index is 898. The second-order valence-corrected chi connectivity index (χ2v) is 6.64. The molecule has 0 aliphatic carbocycles. The van der Waals surface area contributed by atoms with Crippen LogP contribution in [0.15, 0.2) is 65.4 Å². The van der Waals surface area contributed by atoms with Gasteiger partial charge in [-0.3, -0.25) is 0 Å². The molecule has 1 atom stereocenters. The number of benzene rings is 2. The average Bonchev–Trinajstić information content (AvgIpc) is 3.24. The number of nitrogens with one attached hydrogen (secondary N) is 1. The quantitative estimate of drug-likeness (QED) is 0.773. The van der Waals surface area contributed by atoms with Gasteiger partial charge in [-0.15, -0.1) is 10.2 Å². The van der Waals surface area contributed by atoms with E-state index in [-0.39, 0.29) is 12.1 Å². The molecule has 1 fully saturated rings. The van der Waals surface area contributed by atoms with Crippen molar-refractivity contribution in [1.29, 1.82) is 0 Å². The van der Waals surface area contributed by atoms with E-state index in [0.29, 0.717) is 18.1 Å². The molecule has 2 aromatic carbocycles. The van der Waals surface area contributed by atoms with E-state index in [4.69, 9.17) is 4.42 Å². The number of piperazine rings is 1. The predicted molar refractivity (Wildman–Crippen MR) is 102 cm³/mol. The Morgan fingerprint density at radius 3 is 2.78 bits per heavy atom. The summed E-state index contributed by atoms with van der Waals surface area (Å²) in [5, 5.41) is 10.6. The molecule has 0 bridgehead atoms. The van der Waals surface area contributed by atoms with Crippen LogP contribution in [0.25, 0.3) is 11.5 Å². The fraction of sp³-hybridized carbons (Fsp3) is 0.250. The molecular formula is C20H21N5O2. The minimum Gasteiger partial charge on any atom is -0.423 e. The smallest absolute Gasteiger partial charge is 0.322 e. The molecule has 1 N–H and O–H groups in total. The first kappa shape index (κ1) is 17.2. The lowest BCUT2D eigenvalue weighted by Crippen LogP contribution is -2.50. The molecule has 0 radical (unpaired) electrons. The Labute approximate surface area is 157 Å². The molecule has 0 spiro atoms. The molecule has 138 valence electrons. The minimum absolute atomic E-state index is 0.0177. The second-order valence-electron chi connectivity index (χ2n) is 6.64. The molecule has 0 saturated carbocycles. The Balaban J connectivity index is 1.54. The van der Waals surface area contributed by atoms with E-state index in [0.717, 1.165) is 24.2 Å². The van der Waals surface area contributed by atoms with Crippen molar-refractivity contribution in [2.24, 2.45) is 0 Å². The van der Waals surface area contributed by atoms with Crippen molar-refractivity contribution in [2.45, 2.75) is 6.04 Å². The van der Waals surface area contributed by atoms with Crippen LogP contribution in [0, 0.1) is 0 Å². The van der Waals surface area contributed by atoms with Gasteiger partial charge in [-0.25, -0.2) is 4.79 Å². The lowest BCUT2D eigenvalue weighted by Gasteiger charge is -2.40. The first-order chi connectivity index (χ1) is 13.2. The van der Waals surface area contributed by atoms with E-state index in [9.17, 15) is 4.79 Å². The molecule has 27 heavy (non-hydrogen) atoms. The number of amides is 2. The van der Waals surface area contributed by atoms with Crippen LogP contribution in [0.2, 0.25) is 0 Å². The summed E-state index contributed by atoms with van der Waals surface area (Å²) >= 11 is 0. The summed E-state index contributed by atoms with van der Waals surface area (Å²) < 4.78 is 5.23. The van der Waals surface area contributed by atoms with E-state index in [1.807, 2.05) is 47.4 Å². The molecule has 2 heterocycles. The highest BCUT2D eigenvalue weighted by molar-refractivity contribution is 5.90. The summed E-state index contributed by atoms with van der Waals surface area (Å²) in [5.41, 5.74) is 2.60. The number of hydrogen-bond donors (Lipinski definition) is 1. The zero-order valence-corrected chi connectivity index (χ0v) is 15.1. The molecule has 3 aromatic rings. The summed E-state index contributed by atoms with van der Waals surface area (Å²) in [6.45, 7) is 2.32. The Hall–Kier alpha value is -3.19. The molecule has 1 aliphatic heterocycles. The van der Waals surface area contributed by atoms with E-state index in [2.05, 4.69) is 39.6 Å². The van der Waals surface area contributed by atoms with Gasteiger partial charge in [0.1, 0.15) is 0 Å². The topological polar surface area (TPSA) is 74.5 Å². The maximum Gasteiger partial charge on any atom is 0.322 e. The molecular weight excluding hydrogens is 342 g/mol. The highest BCUT2D eigenvalue weighted by Gasteiger charge is 2.30. The SMILES string of the molecule is CN1CCN(C(=O)Nc2cccc(-c3nnco3)c2)[C@H](c2ccccc2)C1. The number of aromatic nitrogens is 2. The van der Waals surface area contributed by atoms with E-state index >= 15 is 0 Å². The van der Waals surface area contributed by atoms with Gasteiger partial charge >= 0.3 is 6.03 Å². The van der Waals surface area contributed by atoms with Crippen LogP contribution >= 0.6 is 0 Å². The number of nitrogens with zero attached hydrogens (tertiary/aromatic N) is 4. The number of anilines is 1. The van der Waals surface area contributed by atoms with E-state index in [1.54, 1.807) is 0 Å². The van der Waals surface area contributed by atoms with Crippen LogP contribution in [0.3, 0.4) is 0 Å². The highest BCUT2D eigenvalue weighted by Crippen LogP contribution is 2.26. The van der Waals surface area contributed by atoms with Gasteiger partial charge in [0, 0.05) is 30.9 Å². The van der Waals surface area contributed by atoms with E-state index < -0.39 is 0 Å². The predicted octanol–water partition coefficient (Wildman–Crippen LogP) is 3.26. The van der Waals surface area contributed by atoms with Crippen molar-refractivity contribution >= 4 is 11.7 Å². The van der Waals surface area contributed by atoms with Gasteiger partial charge in [0.05, 0.1) is 6.04 Å². The van der Waals surface area contributed by atoms with Gasteiger partial charge in [-0.05, 0) is 30.8 Å². The largest absolute Gasteiger partial charge is 0.423 e. The standard InChI is InChI=1S/C20H21N5O2/c1-24-10-11-25(18(13-24)15-6-3-2-4-7-15)20(26)22-17-9-5-8-16(12-17)19-23-21-14-27-19/h2-9,12,14,18H,10-11,13H2,1H3,(H,22,26)/t18-/m0/s1. The van der Waals surface area contributed by atoms with Crippen LogP contribution in [0.1, 0.15) is 11.6 Å². The Kier molecular flexibility index (Phi) is 4.84. The fourth-order valence-corrected chi connectivity index (χ4v) is 3.35. The third-order valence-electron chi connectivity index (χ3n) is 4.75. The number of likely N-dealkylation sites (N-methyl/N-ethyl adjacent to an activating group) is 1. The second kappa shape index (κ2) is 7.59. The lowest BCUT2D eigenvalue weighted by molar-refractivity contribution is 0.117. The summed E-state index contributed by atoms with van der Waals surface area (Å²) in [6.07, 6.45) is 1.29. The number of carbonyl (C=O) groups is 1. The van der Waals surface area contributed by atoms with Gasteiger partial charge in [-0.2, -0.15) is 0 Å². The number of carbonyl (C=O) groups excluding carboxylic acids is 1. The first-order valence-electron chi connectivity index (χ1n) is 8.88. The summed E-state index contributed by atoms with van der Waals surface area (Å²) in [4.78, 5) is 17.1. The van der Waals surface area contributed by atoms with Crippen molar-refractivity contribution in [3.05, 3.63) is 66.6 Å². The highest BCUT2D eigenvalue weighted by atomic mass is 16.4. The monoisotopic (exact) mass is 363 g/mol. The molecule has 1 saturated heterocycles. The lowest BCUT2D eigenvalue weighted by atomic mass is 10.0. The minimum atomic E-state index is -0.111. The molecule has 7 heteroatoms. The number of urea groups is 1. The zero-order valence-electron chi connectivity index (χ0n) is 15.1. The van der Waals surface area contributed by atoms with Crippen LogP contribution in [0.5, 0.6) is 0 Å².